The Morgan fingerprint density at radius 3 is 1.91 bits per heavy atom. The molecule has 0 spiro atoms. The van der Waals surface area contributed by atoms with Gasteiger partial charge in [-0.2, -0.15) is 0 Å². The minimum atomic E-state index is -0.438. The lowest BCUT2D eigenvalue weighted by molar-refractivity contribution is 0.373. The van der Waals surface area contributed by atoms with Gasteiger partial charge in [0, 0.05) is 5.92 Å². The zero-order chi connectivity index (χ0) is 16.0. The Bertz CT molecular complexity index is 411. The Balaban J connectivity index is 1.95. The normalized spacial score (nSPS) is 12.6. The van der Waals surface area contributed by atoms with Crippen molar-refractivity contribution in [3.8, 4) is 0 Å². The van der Waals surface area contributed by atoms with Crippen LogP contribution < -0.4 is 5.76 Å². The average Bonchev–Trinajstić information content (AvgIpc) is 2.95. The minimum Gasteiger partial charge on any atom is -0.296 e. The molecule has 0 bridgehead atoms. The molecular formula is C18H34N2O2. The number of hydrogen-bond acceptors (Lipinski definition) is 3. The molecule has 0 fully saturated rings. The van der Waals surface area contributed by atoms with Crippen molar-refractivity contribution < 1.29 is 4.52 Å². The van der Waals surface area contributed by atoms with Gasteiger partial charge in [-0.1, -0.05) is 89.6 Å². The maximum Gasteiger partial charge on any atom is 0.438 e. The van der Waals surface area contributed by atoms with Crippen LogP contribution in [0.5, 0.6) is 0 Å². The largest absolute Gasteiger partial charge is 0.438 e. The molecule has 0 saturated carbocycles. The third kappa shape index (κ3) is 8.40. The SMILES string of the molecule is CCCCCCCCCCCCCC(CC)c1noc(=O)[nH]1. The molecule has 0 aromatic carbocycles. The Morgan fingerprint density at radius 2 is 1.45 bits per heavy atom. The monoisotopic (exact) mass is 310 g/mol. The number of H-pyrrole nitrogens is 1. The molecule has 1 unspecified atom stereocenters. The quantitative estimate of drug-likeness (QED) is 0.458. The summed E-state index contributed by atoms with van der Waals surface area (Å²) in [5.74, 6) is 0.622. The highest BCUT2D eigenvalue weighted by atomic mass is 16.5. The van der Waals surface area contributed by atoms with E-state index in [1.807, 2.05) is 0 Å². The van der Waals surface area contributed by atoms with Crippen LogP contribution in [0.1, 0.15) is 109 Å². The van der Waals surface area contributed by atoms with Crippen molar-refractivity contribution in [3.05, 3.63) is 16.4 Å². The number of hydrogen-bond donors (Lipinski definition) is 1. The van der Waals surface area contributed by atoms with Crippen LogP contribution in [0.4, 0.5) is 0 Å². The molecular weight excluding hydrogens is 276 g/mol. The lowest BCUT2D eigenvalue weighted by atomic mass is 9.97. The summed E-state index contributed by atoms with van der Waals surface area (Å²) in [6, 6.07) is 0. The minimum absolute atomic E-state index is 0.338. The van der Waals surface area contributed by atoms with E-state index in [2.05, 4.69) is 28.5 Å². The van der Waals surface area contributed by atoms with Gasteiger partial charge in [-0.25, -0.2) is 4.79 Å². The lowest BCUT2D eigenvalue weighted by Gasteiger charge is -2.10. The lowest BCUT2D eigenvalue weighted by Crippen LogP contribution is -2.03. The van der Waals surface area contributed by atoms with Gasteiger partial charge in [0.15, 0.2) is 5.82 Å². The molecule has 0 aliphatic carbocycles. The molecule has 1 aromatic rings. The fourth-order valence-electron chi connectivity index (χ4n) is 3.01. The van der Waals surface area contributed by atoms with E-state index in [4.69, 9.17) is 0 Å². The van der Waals surface area contributed by atoms with Gasteiger partial charge in [0.05, 0.1) is 0 Å². The van der Waals surface area contributed by atoms with Crippen LogP contribution in [0.25, 0.3) is 0 Å². The van der Waals surface area contributed by atoms with Crippen LogP contribution in [0.15, 0.2) is 9.32 Å². The van der Waals surface area contributed by atoms with Crippen LogP contribution in [-0.4, -0.2) is 10.1 Å². The van der Waals surface area contributed by atoms with Crippen molar-refractivity contribution >= 4 is 0 Å². The van der Waals surface area contributed by atoms with Gasteiger partial charge >= 0.3 is 5.76 Å². The summed E-state index contributed by atoms with van der Waals surface area (Å²) in [5.41, 5.74) is 0. The second-order valence-electron chi connectivity index (χ2n) is 6.41. The zero-order valence-electron chi connectivity index (χ0n) is 14.5. The van der Waals surface area contributed by atoms with Gasteiger partial charge in [-0.15, -0.1) is 0 Å². The first-order chi connectivity index (χ1) is 10.8. The summed E-state index contributed by atoms with van der Waals surface area (Å²) in [6.07, 6.45) is 17.1. The van der Waals surface area contributed by atoms with Gasteiger partial charge in [0.2, 0.25) is 0 Å². The summed E-state index contributed by atoms with van der Waals surface area (Å²) >= 11 is 0. The zero-order valence-corrected chi connectivity index (χ0v) is 14.5. The molecule has 4 heteroatoms. The van der Waals surface area contributed by atoms with Gasteiger partial charge in [0.25, 0.3) is 0 Å². The van der Waals surface area contributed by atoms with Crippen LogP contribution in [0.3, 0.4) is 0 Å². The summed E-state index contributed by atoms with van der Waals surface area (Å²) in [4.78, 5) is 13.7. The van der Waals surface area contributed by atoms with Crippen LogP contribution >= 0.6 is 0 Å². The number of aromatic amines is 1. The van der Waals surface area contributed by atoms with Crippen molar-refractivity contribution in [2.75, 3.05) is 0 Å². The predicted molar refractivity (Wildman–Crippen MR) is 91.2 cm³/mol. The van der Waals surface area contributed by atoms with Crippen molar-refractivity contribution in [2.24, 2.45) is 0 Å². The second-order valence-corrected chi connectivity index (χ2v) is 6.41. The second kappa shape index (κ2) is 12.5. The molecule has 0 radical (unpaired) electrons. The Kier molecular flexibility index (Phi) is 10.8. The molecule has 4 nitrogen and oxygen atoms in total. The first kappa shape index (κ1) is 19.0. The molecule has 128 valence electrons. The van der Waals surface area contributed by atoms with E-state index < -0.39 is 5.76 Å². The summed E-state index contributed by atoms with van der Waals surface area (Å²) < 4.78 is 4.59. The van der Waals surface area contributed by atoms with E-state index in [9.17, 15) is 4.79 Å². The third-order valence-electron chi connectivity index (χ3n) is 4.49. The van der Waals surface area contributed by atoms with Crippen LogP contribution in [-0.2, 0) is 0 Å². The Hall–Kier alpha value is -1.06. The maximum absolute atomic E-state index is 11.0. The first-order valence-electron chi connectivity index (χ1n) is 9.33. The molecule has 0 aliphatic heterocycles. The Labute approximate surface area is 135 Å². The van der Waals surface area contributed by atoms with Gasteiger partial charge in [0.1, 0.15) is 0 Å². The highest BCUT2D eigenvalue weighted by molar-refractivity contribution is 4.90. The standard InChI is InChI=1S/C18H34N2O2/c1-3-5-6-7-8-9-10-11-12-13-14-15-16(4-2)17-19-18(21)22-20-17/h16H,3-15H2,1-2H3,(H,19,20,21). The highest BCUT2D eigenvalue weighted by Gasteiger charge is 2.13. The van der Waals surface area contributed by atoms with Crippen molar-refractivity contribution in [2.45, 2.75) is 103 Å². The summed E-state index contributed by atoms with van der Waals surface area (Å²) in [5, 5.41) is 3.81. The fourth-order valence-corrected chi connectivity index (χ4v) is 3.01. The van der Waals surface area contributed by atoms with E-state index >= 15 is 0 Å². The van der Waals surface area contributed by atoms with E-state index in [1.165, 1.54) is 70.6 Å². The molecule has 1 heterocycles. The number of nitrogens with zero attached hydrogens (tertiary/aromatic N) is 1. The van der Waals surface area contributed by atoms with E-state index in [0.717, 1.165) is 18.7 Å². The maximum atomic E-state index is 11.0. The molecule has 22 heavy (non-hydrogen) atoms. The Morgan fingerprint density at radius 1 is 0.909 bits per heavy atom. The van der Waals surface area contributed by atoms with Crippen LogP contribution in [0, 0.1) is 0 Å². The smallest absolute Gasteiger partial charge is 0.296 e. The molecule has 0 amide bonds. The van der Waals surface area contributed by atoms with Crippen molar-refractivity contribution in [1.29, 1.82) is 0 Å². The molecule has 1 N–H and O–H groups in total. The highest BCUT2D eigenvalue weighted by Crippen LogP contribution is 2.22. The topological polar surface area (TPSA) is 58.9 Å². The summed E-state index contributed by atoms with van der Waals surface area (Å²) in [7, 11) is 0. The fraction of sp³-hybridized carbons (Fsp3) is 0.889. The molecule has 1 aromatic heterocycles. The molecule has 1 atom stereocenters. The van der Waals surface area contributed by atoms with E-state index in [-0.39, 0.29) is 0 Å². The number of rotatable bonds is 14. The van der Waals surface area contributed by atoms with Crippen LogP contribution in [0.2, 0.25) is 0 Å². The van der Waals surface area contributed by atoms with Crippen molar-refractivity contribution in [3.63, 3.8) is 0 Å². The predicted octanol–water partition coefficient (Wildman–Crippen LogP) is 5.56. The summed E-state index contributed by atoms with van der Waals surface area (Å²) in [6.45, 7) is 4.40. The molecule has 0 aliphatic rings. The number of unbranched alkanes of at least 4 members (excludes halogenated alkanes) is 10. The van der Waals surface area contributed by atoms with Gasteiger partial charge in [-0.3, -0.25) is 9.51 Å². The number of nitrogens with one attached hydrogen (secondary N) is 1. The third-order valence-corrected chi connectivity index (χ3v) is 4.49. The van der Waals surface area contributed by atoms with E-state index in [0.29, 0.717) is 5.92 Å². The van der Waals surface area contributed by atoms with Gasteiger partial charge < -0.3 is 0 Å². The van der Waals surface area contributed by atoms with Gasteiger partial charge in [-0.05, 0) is 12.8 Å². The molecule has 1 rings (SSSR count). The average molecular weight is 310 g/mol. The molecule has 0 saturated heterocycles. The number of aromatic nitrogens is 2. The van der Waals surface area contributed by atoms with Crippen molar-refractivity contribution in [1.82, 2.24) is 10.1 Å². The van der Waals surface area contributed by atoms with E-state index in [1.54, 1.807) is 0 Å². The first-order valence-corrected chi connectivity index (χ1v) is 9.33.